The molecule has 1 saturated heterocycles. The smallest absolute Gasteiger partial charge is 0.224 e. The lowest BCUT2D eigenvalue weighted by molar-refractivity contribution is -0.120. The van der Waals surface area contributed by atoms with E-state index < -0.39 is 0 Å². The Balaban J connectivity index is 1.50. The second-order valence-corrected chi connectivity index (χ2v) is 7.30. The van der Waals surface area contributed by atoms with E-state index in [1.807, 2.05) is 24.3 Å². The molecule has 3 rings (SSSR count). The highest BCUT2D eigenvalue weighted by atomic mass is 79.9. The van der Waals surface area contributed by atoms with Crippen LogP contribution in [0.3, 0.4) is 0 Å². The Morgan fingerprint density at radius 3 is 2.46 bits per heavy atom. The molecule has 1 heterocycles. The number of hydrogen-bond acceptors (Lipinski definition) is 2. The van der Waals surface area contributed by atoms with E-state index in [0.29, 0.717) is 13.0 Å². The molecule has 0 atom stereocenters. The predicted octanol–water partition coefficient (Wildman–Crippen LogP) is 3.90. The standard InChI is InChI=1S/C20H23BrN2O/c21-19-8-6-16(7-9-19)13-20(24)22-14-17-4-3-5-18(12-17)15-23-10-1-2-11-23/h3-9,12H,1-2,10-11,13-15H2,(H,22,24). The molecule has 1 amide bonds. The molecule has 1 N–H and O–H groups in total. The molecule has 1 fully saturated rings. The second kappa shape index (κ2) is 8.45. The number of likely N-dealkylation sites (tertiary alicyclic amines) is 1. The first kappa shape index (κ1) is 17.2. The van der Waals surface area contributed by atoms with Crippen molar-refractivity contribution in [1.29, 1.82) is 0 Å². The minimum absolute atomic E-state index is 0.0577. The summed E-state index contributed by atoms with van der Waals surface area (Å²) in [5, 5.41) is 3.02. The third kappa shape index (κ3) is 5.18. The highest BCUT2D eigenvalue weighted by Crippen LogP contribution is 2.14. The number of rotatable bonds is 6. The fourth-order valence-electron chi connectivity index (χ4n) is 3.09. The first-order valence-electron chi connectivity index (χ1n) is 8.50. The van der Waals surface area contributed by atoms with E-state index in [0.717, 1.165) is 22.1 Å². The van der Waals surface area contributed by atoms with Crippen molar-refractivity contribution in [3.8, 4) is 0 Å². The zero-order chi connectivity index (χ0) is 16.8. The molecule has 0 radical (unpaired) electrons. The van der Waals surface area contributed by atoms with Gasteiger partial charge in [0, 0.05) is 17.6 Å². The van der Waals surface area contributed by atoms with Crippen LogP contribution in [0.4, 0.5) is 0 Å². The molecule has 2 aromatic carbocycles. The van der Waals surface area contributed by atoms with Crippen LogP contribution in [0.1, 0.15) is 29.5 Å². The summed E-state index contributed by atoms with van der Waals surface area (Å²) in [6, 6.07) is 16.4. The average molecular weight is 387 g/mol. The van der Waals surface area contributed by atoms with Crippen molar-refractivity contribution in [3.63, 3.8) is 0 Å². The third-order valence-corrected chi connectivity index (χ3v) is 4.89. The Kier molecular flexibility index (Phi) is 6.05. The number of carbonyl (C=O) groups excluding carboxylic acids is 1. The topological polar surface area (TPSA) is 32.3 Å². The second-order valence-electron chi connectivity index (χ2n) is 6.38. The quantitative estimate of drug-likeness (QED) is 0.816. The minimum Gasteiger partial charge on any atom is -0.352 e. The van der Waals surface area contributed by atoms with E-state index in [1.54, 1.807) is 0 Å². The lowest BCUT2D eigenvalue weighted by atomic mass is 10.1. The number of amides is 1. The molecule has 0 spiro atoms. The molecule has 1 aliphatic rings. The molecule has 4 heteroatoms. The molecule has 24 heavy (non-hydrogen) atoms. The van der Waals surface area contributed by atoms with Crippen LogP contribution in [0, 0.1) is 0 Å². The monoisotopic (exact) mass is 386 g/mol. The zero-order valence-corrected chi connectivity index (χ0v) is 15.4. The van der Waals surface area contributed by atoms with E-state index in [-0.39, 0.29) is 5.91 Å². The van der Waals surface area contributed by atoms with Gasteiger partial charge in [0.2, 0.25) is 5.91 Å². The Hall–Kier alpha value is -1.65. The Morgan fingerprint density at radius 2 is 1.71 bits per heavy atom. The summed E-state index contributed by atoms with van der Waals surface area (Å²) in [6.45, 7) is 4.01. The highest BCUT2D eigenvalue weighted by Gasteiger charge is 2.11. The molecule has 0 saturated carbocycles. The summed E-state index contributed by atoms with van der Waals surface area (Å²) in [7, 11) is 0. The van der Waals surface area contributed by atoms with Gasteiger partial charge in [-0.1, -0.05) is 52.3 Å². The van der Waals surface area contributed by atoms with Gasteiger partial charge in [-0.15, -0.1) is 0 Å². The molecule has 3 nitrogen and oxygen atoms in total. The van der Waals surface area contributed by atoms with Gasteiger partial charge in [0.05, 0.1) is 6.42 Å². The summed E-state index contributed by atoms with van der Waals surface area (Å²) in [5.41, 5.74) is 3.52. The number of nitrogens with one attached hydrogen (secondary N) is 1. The van der Waals surface area contributed by atoms with Gasteiger partial charge in [0.25, 0.3) is 0 Å². The van der Waals surface area contributed by atoms with Crippen molar-refractivity contribution in [2.24, 2.45) is 0 Å². The van der Waals surface area contributed by atoms with E-state index in [4.69, 9.17) is 0 Å². The van der Waals surface area contributed by atoms with Crippen LogP contribution in [0.5, 0.6) is 0 Å². The average Bonchev–Trinajstić information content (AvgIpc) is 3.08. The van der Waals surface area contributed by atoms with Crippen molar-refractivity contribution < 1.29 is 4.79 Å². The summed E-state index contributed by atoms with van der Waals surface area (Å²) in [6.07, 6.45) is 3.04. The molecule has 0 aromatic heterocycles. The van der Waals surface area contributed by atoms with Gasteiger partial charge in [0.15, 0.2) is 0 Å². The van der Waals surface area contributed by atoms with E-state index >= 15 is 0 Å². The first-order valence-corrected chi connectivity index (χ1v) is 9.30. The number of carbonyl (C=O) groups is 1. The SMILES string of the molecule is O=C(Cc1ccc(Br)cc1)NCc1cccc(CN2CCCC2)c1. The molecular formula is C20H23BrN2O. The van der Waals surface area contributed by atoms with Gasteiger partial charge in [-0.2, -0.15) is 0 Å². The molecule has 0 unspecified atom stereocenters. The van der Waals surface area contributed by atoms with Crippen molar-refractivity contribution in [2.75, 3.05) is 13.1 Å². The normalized spacial score (nSPS) is 14.7. The Morgan fingerprint density at radius 1 is 1.00 bits per heavy atom. The van der Waals surface area contributed by atoms with Gasteiger partial charge in [-0.05, 0) is 54.8 Å². The van der Waals surface area contributed by atoms with Crippen LogP contribution in [0.25, 0.3) is 0 Å². The maximum Gasteiger partial charge on any atom is 0.224 e. The van der Waals surface area contributed by atoms with Crippen molar-refractivity contribution >= 4 is 21.8 Å². The lowest BCUT2D eigenvalue weighted by Crippen LogP contribution is -2.24. The summed E-state index contributed by atoms with van der Waals surface area (Å²) < 4.78 is 1.03. The van der Waals surface area contributed by atoms with Crippen molar-refractivity contribution in [1.82, 2.24) is 10.2 Å². The maximum absolute atomic E-state index is 12.1. The largest absolute Gasteiger partial charge is 0.352 e. The molecule has 1 aliphatic heterocycles. The van der Waals surface area contributed by atoms with Gasteiger partial charge in [0.1, 0.15) is 0 Å². The van der Waals surface area contributed by atoms with Crippen LogP contribution in [0.2, 0.25) is 0 Å². The predicted molar refractivity (Wildman–Crippen MR) is 101 cm³/mol. The number of halogens is 1. The lowest BCUT2D eigenvalue weighted by Gasteiger charge is -2.15. The Labute approximate surface area is 152 Å². The van der Waals surface area contributed by atoms with Gasteiger partial charge in [-0.3, -0.25) is 9.69 Å². The highest BCUT2D eigenvalue weighted by molar-refractivity contribution is 9.10. The van der Waals surface area contributed by atoms with Crippen LogP contribution in [-0.4, -0.2) is 23.9 Å². The van der Waals surface area contributed by atoms with Crippen molar-refractivity contribution in [3.05, 3.63) is 69.7 Å². The minimum atomic E-state index is 0.0577. The number of nitrogens with zero attached hydrogens (tertiary/aromatic N) is 1. The third-order valence-electron chi connectivity index (χ3n) is 4.36. The summed E-state index contributed by atoms with van der Waals surface area (Å²) >= 11 is 3.41. The van der Waals surface area contributed by atoms with E-state index in [9.17, 15) is 4.79 Å². The number of hydrogen-bond donors (Lipinski definition) is 1. The fraction of sp³-hybridized carbons (Fsp3) is 0.350. The van der Waals surface area contributed by atoms with E-state index in [2.05, 4.69) is 50.4 Å². The van der Waals surface area contributed by atoms with Crippen molar-refractivity contribution in [2.45, 2.75) is 32.4 Å². The van der Waals surface area contributed by atoms with Gasteiger partial charge < -0.3 is 5.32 Å². The Bertz CT molecular complexity index is 678. The van der Waals surface area contributed by atoms with E-state index in [1.165, 1.54) is 31.5 Å². The first-order chi connectivity index (χ1) is 11.7. The van der Waals surface area contributed by atoms with Crippen LogP contribution in [0.15, 0.2) is 53.0 Å². The summed E-state index contributed by atoms with van der Waals surface area (Å²) in [5.74, 6) is 0.0577. The summed E-state index contributed by atoms with van der Waals surface area (Å²) in [4.78, 5) is 14.6. The molecule has 0 aliphatic carbocycles. The maximum atomic E-state index is 12.1. The molecule has 2 aromatic rings. The number of benzene rings is 2. The molecule has 0 bridgehead atoms. The molecule has 126 valence electrons. The zero-order valence-electron chi connectivity index (χ0n) is 13.8. The van der Waals surface area contributed by atoms with Crippen LogP contribution < -0.4 is 5.32 Å². The van der Waals surface area contributed by atoms with Gasteiger partial charge >= 0.3 is 0 Å². The fourth-order valence-corrected chi connectivity index (χ4v) is 3.35. The van der Waals surface area contributed by atoms with Crippen LogP contribution >= 0.6 is 15.9 Å². The van der Waals surface area contributed by atoms with Crippen LogP contribution in [-0.2, 0) is 24.3 Å². The van der Waals surface area contributed by atoms with Gasteiger partial charge in [-0.25, -0.2) is 0 Å². The molecular weight excluding hydrogens is 364 g/mol.